The first-order valence-electron chi connectivity index (χ1n) is 11.9. The van der Waals surface area contributed by atoms with Gasteiger partial charge in [-0.05, 0) is 54.6 Å². The van der Waals surface area contributed by atoms with E-state index in [1.807, 2.05) is 59.5 Å². The van der Waals surface area contributed by atoms with Crippen LogP contribution in [0.2, 0.25) is 0 Å². The molecule has 0 atom stereocenters. The highest BCUT2D eigenvalue weighted by atomic mass is 16.5. The summed E-state index contributed by atoms with van der Waals surface area (Å²) >= 11 is 0. The van der Waals surface area contributed by atoms with E-state index in [0.717, 1.165) is 31.2 Å². The predicted molar refractivity (Wildman–Crippen MR) is 132 cm³/mol. The molecule has 3 rings (SSSR count). The second kappa shape index (κ2) is 11.8. The van der Waals surface area contributed by atoms with Gasteiger partial charge in [-0.25, -0.2) is 0 Å². The lowest BCUT2D eigenvalue weighted by atomic mass is 9.86. The number of carbonyl (C=O) groups is 2. The number of rotatable bonds is 10. The number of nitrogens with one attached hydrogen (secondary N) is 1. The number of hydrogen-bond donors (Lipinski definition) is 2. The van der Waals surface area contributed by atoms with Gasteiger partial charge < -0.3 is 20.7 Å². The Morgan fingerprint density at radius 2 is 1.79 bits per heavy atom. The third-order valence-corrected chi connectivity index (χ3v) is 6.13. The van der Waals surface area contributed by atoms with Crippen LogP contribution in [0.15, 0.2) is 54.6 Å². The average molecular weight is 452 g/mol. The van der Waals surface area contributed by atoms with Crippen molar-refractivity contribution in [1.82, 2.24) is 4.90 Å². The Morgan fingerprint density at radius 1 is 1.06 bits per heavy atom. The molecule has 1 fully saturated rings. The van der Waals surface area contributed by atoms with Gasteiger partial charge in [-0.2, -0.15) is 0 Å². The lowest BCUT2D eigenvalue weighted by Gasteiger charge is -2.35. The number of ether oxygens (including phenoxy) is 1. The van der Waals surface area contributed by atoms with Crippen molar-refractivity contribution in [1.29, 1.82) is 0 Å². The molecule has 33 heavy (non-hydrogen) atoms. The summed E-state index contributed by atoms with van der Waals surface area (Å²) in [5.41, 5.74) is 7.49. The molecule has 0 spiro atoms. The molecule has 0 heterocycles. The van der Waals surface area contributed by atoms with E-state index in [0.29, 0.717) is 31.1 Å². The Kier molecular flexibility index (Phi) is 8.89. The quantitative estimate of drug-likeness (QED) is 0.553. The van der Waals surface area contributed by atoms with E-state index in [2.05, 4.69) is 19.2 Å². The second-order valence-corrected chi connectivity index (χ2v) is 9.75. The Morgan fingerprint density at radius 3 is 2.48 bits per heavy atom. The smallest absolute Gasteiger partial charge is 0.262 e. The zero-order valence-electron chi connectivity index (χ0n) is 19.9. The van der Waals surface area contributed by atoms with Crippen molar-refractivity contribution in [3.63, 3.8) is 0 Å². The highest BCUT2D eigenvalue weighted by molar-refractivity contribution is 5.92. The second-order valence-electron chi connectivity index (χ2n) is 9.75. The number of anilines is 1. The minimum Gasteiger partial charge on any atom is -0.484 e. The van der Waals surface area contributed by atoms with E-state index in [4.69, 9.17) is 10.5 Å². The van der Waals surface area contributed by atoms with Crippen molar-refractivity contribution in [3.8, 4) is 5.75 Å². The molecule has 1 aliphatic rings. The fourth-order valence-electron chi connectivity index (χ4n) is 4.23. The normalized spacial score (nSPS) is 14.5. The molecule has 0 saturated heterocycles. The largest absolute Gasteiger partial charge is 0.484 e. The van der Waals surface area contributed by atoms with E-state index in [-0.39, 0.29) is 29.8 Å². The van der Waals surface area contributed by atoms with E-state index < -0.39 is 0 Å². The van der Waals surface area contributed by atoms with Crippen LogP contribution in [-0.4, -0.2) is 36.4 Å². The van der Waals surface area contributed by atoms with E-state index in [1.54, 1.807) is 0 Å². The van der Waals surface area contributed by atoms with Crippen molar-refractivity contribution >= 4 is 17.5 Å². The van der Waals surface area contributed by atoms with E-state index in [9.17, 15) is 9.59 Å². The van der Waals surface area contributed by atoms with Gasteiger partial charge in [0.15, 0.2) is 6.61 Å². The molecule has 0 bridgehead atoms. The van der Waals surface area contributed by atoms with Crippen LogP contribution in [0.5, 0.6) is 5.75 Å². The van der Waals surface area contributed by atoms with Gasteiger partial charge >= 0.3 is 0 Å². The molecule has 1 aliphatic carbocycles. The van der Waals surface area contributed by atoms with E-state index >= 15 is 0 Å². The van der Waals surface area contributed by atoms with Crippen molar-refractivity contribution in [2.24, 2.45) is 17.1 Å². The molecule has 6 heteroatoms. The molecule has 1 saturated carbocycles. The molecular weight excluding hydrogens is 414 g/mol. The summed E-state index contributed by atoms with van der Waals surface area (Å²) in [7, 11) is 0. The third-order valence-electron chi connectivity index (χ3n) is 6.13. The van der Waals surface area contributed by atoms with E-state index in [1.165, 1.54) is 6.42 Å². The average Bonchev–Trinajstić information content (AvgIpc) is 2.83. The fourth-order valence-corrected chi connectivity index (χ4v) is 4.23. The maximum Gasteiger partial charge on any atom is 0.262 e. The molecule has 0 unspecified atom stereocenters. The topological polar surface area (TPSA) is 84.7 Å². The Bertz CT molecular complexity index is 908. The van der Waals surface area contributed by atoms with Crippen LogP contribution in [0.25, 0.3) is 0 Å². The van der Waals surface area contributed by atoms with Gasteiger partial charge in [0, 0.05) is 24.7 Å². The van der Waals surface area contributed by atoms with Crippen LogP contribution in [0.3, 0.4) is 0 Å². The molecule has 2 aromatic rings. The monoisotopic (exact) mass is 451 g/mol. The highest BCUT2D eigenvalue weighted by Crippen LogP contribution is 2.28. The van der Waals surface area contributed by atoms with Crippen molar-refractivity contribution < 1.29 is 14.3 Å². The van der Waals surface area contributed by atoms with Gasteiger partial charge in [0.1, 0.15) is 5.75 Å². The van der Waals surface area contributed by atoms with Crippen LogP contribution in [0.1, 0.15) is 51.5 Å². The summed E-state index contributed by atoms with van der Waals surface area (Å²) in [6, 6.07) is 16.9. The molecule has 6 nitrogen and oxygen atoms in total. The molecular formula is C27H37N3O3. The molecule has 0 radical (unpaired) electrons. The summed E-state index contributed by atoms with van der Waals surface area (Å²) < 4.78 is 5.52. The number of para-hydroxylation sites is 1. The van der Waals surface area contributed by atoms with Crippen LogP contribution < -0.4 is 15.8 Å². The van der Waals surface area contributed by atoms with Gasteiger partial charge in [0.05, 0.1) is 0 Å². The number of amides is 2. The standard InChI is InChI=1S/C27H37N3O3/c1-27(2,19-28)20-30(26(32)22-11-5-3-6-12-22)17-21-10-9-13-23(16-21)29-25(31)18-33-24-14-7-4-8-15-24/h4,7-10,13-16,22H,3,5-6,11-12,17-20,28H2,1-2H3,(H,29,31). The lowest BCUT2D eigenvalue weighted by molar-refractivity contribution is -0.138. The first-order chi connectivity index (χ1) is 15.9. The van der Waals surface area contributed by atoms with Crippen LogP contribution in [0, 0.1) is 11.3 Å². The lowest BCUT2D eigenvalue weighted by Crippen LogP contribution is -2.44. The zero-order valence-corrected chi connectivity index (χ0v) is 19.9. The van der Waals surface area contributed by atoms with Gasteiger partial charge in [0.2, 0.25) is 5.91 Å². The van der Waals surface area contributed by atoms with Gasteiger partial charge in [-0.3, -0.25) is 9.59 Å². The predicted octanol–water partition coefficient (Wildman–Crippen LogP) is 4.60. The number of carbonyl (C=O) groups excluding carboxylic acids is 2. The van der Waals surface area contributed by atoms with Crippen molar-refractivity contribution in [3.05, 3.63) is 60.2 Å². The highest BCUT2D eigenvalue weighted by Gasteiger charge is 2.30. The molecule has 0 aliphatic heterocycles. The molecule has 2 aromatic carbocycles. The minimum atomic E-state index is -0.226. The van der Waals surface area contributed by atoms with Crippen molar-refractivity contribution in [2.45, 2.75) is 52.5 Å². The Labute approximate surface area is 197 Å². The summed E-state index contributed by atoms with van der Waals surface area (Å²) in [4.78, 5) is 27.7. The Balaban J connectivity index is 1.65. The van der Waals surface area contributed by atoms with Gasteiger partial charge in [0.25, 0.3) is 5.91 Å². The molecule has 178 valence electrons. The SMILES string of the molecule is CC(C)(CN)CN(Cc1cccc(NC(=O)COc2ccccc2)c1)C(=O)C1CCCCC1. The van der Waals surface area contributed by atoms with Crippen LogP contribution >= 0.6 is 0 Å². The fraction of sp³-hybridized carbons (Fsp3) is 0.481. The third kappa shape index (κ3) is 7.90. The number of hydrogen-bond acceptors (Lipinski definition) is 4. The summed E-state index contributed by atoms with van der Waals surface area (Å²) in [6.07, 6.45) is 5.40. The first-order valence-corrected chi connectivity index (χ1v) is 11.9. The summed E-state index contributed by atoms with van der Waals surface area (Å²) in [5.74, 6) is 0.753. The minimum absolute atomic E-state index is 0.0643. The molecule has 2 amide bonds. The first kappa shape index (κ1) is 24.8. The molecule has 0 aromatic heterocycles. The summed E-state index contributed by atoms with van der Waals surface area (Å²) in [6.45, 7) is 5.75. The van der Waals surface area contributed by atoms with Crippen LogP contribution in [-0.2, 0) is 16.1 Å². The molecule has 3 N–H and O–H groups in total. The van der Waals surface area contributed by atoms with Gasteiger partial charge in [-0.1, -0.05) is 63.4 Å². The van der Waals surface area contributed by atoms with Gasteiger partial charge in [-0.15, -0.1) is 0 Å². The number of nitrogens with two attached hydrogens (primary N) is 1. The van der Waals surface area contributed by atoms with Crippen molar-refractivity contribution in [2.75, 3.05) is 25.0 Å². The Hall–Kier alpha value is -2.86. The maximum absolute atomic E-state index is 13.4. The number of benzene rings is 2. The number of nitrogens with zero attached hydrogens (tertiary/aromatic N) is 1. The van der Waals surface area contributed by atoms with Crippen LogP contribution in [0.4, 0.5) is 5.69 Å². The maximum atomic E-state index is 13.4. The summed E-state index contributed by atoms with van der Waals surface area (Å²) in [5, 5.41) is 2.89. The zero-order chi connectivity index (χ0) is 23.7.